The number of carbonyl (C=O) groups excluding carboxylic acids is 1. The largest absolute Gasteiger partial charge is 0.381 e. The van der Waals surface area contributed by atoms with E-state index in [-0.39, 0.29) is 17.4 Å². The first-order valence-electron chi connectivity index (χ1n) is 9.33. The van der Waals surface area contributed by atoms with Crippen LogP contribution in [0.1, 0.15) is 47.3 Å². The number of halogens is 1. The Balaban J connectivity index is 1.60. The summed E-state index contributed by atoms with van der Waals surface area (Å²) < 4.78 is 21.8. The van der Waals surface area contributed by atoms with E-state index in [9.17, 15) is 9.18 Å². The van der Waals surface area contributed by atoms with Crippen molar-refractivity contribution in [1.82, 2.24) is 14.7 Å². The van der Waals surface area contributed by atoms with Crippen LogP contribution in [0.3, 0.4) is 0 Å². The Morgan fingerprint density at radius 2 is 2.15 bits per heavy atom. The molecule has 1 aromatic carbocycles. The summed E-state index contributed by atoms with van der Waals surface area (Å²) in [5, 5.41) is 4.57. The Kier molecular flexibility index (Phi) is 4.76. The van der Waals surface area contributed by atoms with Gasteiger partial charge in [0.1, 0.15) is 5.82 Å². The first-order valence-corrected chi connectivity index (χ1v) is 9.33. The zero-order chi connectivity index (χ0) is 18.1. The van der Waals surface area contributed by atoms with Gasteiger partial charge < -0.3 is 9.64 Å². The summed E-state index contributed by atoms with van der Waals surface area (Å²) >= 11 is 0. The van der Waals surface area contributed by atoms with Crippen molar-refractivity contribution in [3.05, 3.63) is 53.1 Å². The molecule has 4 rings (SSSR count). The number of hydrogen-bond donors (Lipinski definition) is 0. The molecule has 0 unspecified atom stereocenters. The molecule has 0 bridgehead atoms. The van der Waals surface area contributed by atoms with Gasteiger partial charge in [0.05, 0.1) is 24.1 Å². The molecular formula is C20H24FN3O2. The van der Waals surface area contributed by atoms with Crippen molar-refractivity contribution < 1.29 is 13.9 Å². The van der Waals surface area contributed by atoms with Gasteiger partial charge >= 0.3 is 0 Å². The Bertz CT molecular complexity index is 800. The molecule has 0 spiro atoms. The minimum atomic E-state index is -0.478. The highest BCUT2D eigenvalue weighted by atomic mass is 19.1. The van der Waals surface area contributed by atoms with Crippen LogP contribution in [0.15, 0.2) is 30.5 Å². The number of benzene rings is 1. The first-order chi connectivity index (χ1) is 12.7. The van der Waals surface area contributed by atoms with Gasteiger partial charge in [0.2, 0.25) is 0 Å². The molecule has 2 heterocycles. The Hall–Kier alpha value is -2.21. The van der Waals surface area contributed by atoms with Crippen LogP contribution in [0.5, 0.6) is 0 Å². The van der Waals surface area contributed by atoms with E-state index in [0.29, 0.717) is 26.3 Å². The number of aromatic nitrogens is 2. The average Bonchev–Trinajstić information content (AvgIpc) is 3.38. The summed E-state index contributed by atoms with van der Waals surface area (Å²) in [4.78, 5) is 14.6. The summed E-state index contributed by atoms with van der Waals surface area (Å²) in [5.41, 5.74) is 2.35. The molecule has 1 aromatic heterocycles. The Labute approximate surface area is 152 Å². The lowest BCUT2D eigenvalue weighted by atomic mass is 9.96. The molecule has 138 valence electrons. The molecular weight excluding hydrogens is 333 g/mol. The predicted octanol–water partition coefficient (Wildman–Crippen LogP) is 3.21. The third kappa shape index (κ3) is 3.38. The fraction of sp³-hybridized carbons (Fsp3) is 0.500. The predicted molar refractivity (Wildman–Crippen MR) is 95.3 cm³/mol. The second kappa shape index (κ2) is 7.19. The van der Waals surface area contributed by atoms with Crippen molar-refractivity contribution >= 4 is 5.91 Å². The van der Waals surface area contributed by atoms with Crippen LogP contribution in [-0.4, -0.2) is 40.3 Å². The molecule has 1 aliphatic carbocycles. The van der Waals surface area contributed by atoms with Gasteiger partial charge in [-0.2, -0.15) is 5.10 Å². The lowest BCUT2D eigenvalue weighted by molar-refractivity contribution is 0.0642. The number of carbonyl (C=O) groups is 1. The maximum atomic E-state index is 14.1. The van der Waals surface area contributed by atoms with Gasteiger partial charge in [0.25, 0.3) is 5.91 Å². The second-order valence-corrected chi connectivity index (χ2v) is 7.20. The SMILES string of the molecule is CCOC[C@H]1CN(C(=O)c2ccccc2F)Cc2cnn(CC3CC3)c21. The van der Waals surface area contributed by atoms with Crippen molar-refractivity contribution in [2.45, 2.75) is 38.8 Å². The van der Waals surface area contributed by atoms with Crippen molar-refractivity contribution in [3.63, 3.8) is 0 Å². The second-order valence-electron chi connectivity index (χ2n) is 7.20. The zero-order valence-electron chi connectivity index (χ0n) is 15.0. The van der Waals surface area contributed by atoms with E-state index in [1.54, 1.807) is 23.1 Å². The van der Waals surface area contributed by atoms with Gasteiger partial charge in [-0.05, 0) is 37.8 Å². The third-order valence-electron chi connectivity index (χ3n) is 5.19. The highest BCUT2D eigenvalue weighted by Crippen LogP contribution is 2.35. The maximum absolute atomic E-state index is 14.1. The van der Waals surface area contributed by atoms with E-state index in [0.717, 1.165) is 18.0 Å². The smallest absolute Gasteiger partial charge is 0.257 e. The lowest BCUT2D eigenvalue weighted by Crippen LogP contribution is -2.40. The Morgan fingerprint density at radius 1 is 1.35 bits per heavy atom. The van der Waals surface area contributed by atoms with E-state index in [4.69, 9.17) is 4.74 Å². The number of rotatable bonds is 6. The van der Waals surface area contributed by atoms with Crippen molar-refractivity contribution in [2.75, 3.05) is 19.8 Å². The molecule has 26 heavy (non-hydrogen) atoms. The van der Waals surface area contributed by atoms with E-state index in [1.807, 2.05) is 13.1 Å². The number of hydrogen-bond acceptors (Lipinski definition) is 3. The van der Waals surface area contributed by atoms with Gasteiger partial charge in [-0.1, -0.05) is 12.1 Å². The topological polar surface area (TPSA) is 47.4 Å². The minimum absolute atomic E-state index is 0.0654. The van der Waals surface area contributed by atoms with Crippen LogP contribution in [0.4, 0.5) is 4.39 Å². The monoisotopic (exact) mass is 357 g/mol. The fourth-order valence-electron chi connectivity index (χ4n) is 3.69. The minimum Gasteiger partial charge on any atom is -0.381 e. The lowest BCUT2D eigenvalue weighted by Gasteiger charge is -2.33. The molecule has 5 nitrogen and oxygen atoms in total. The molecule has 2 aromatic rings. The summed E-state index contributed by atoms with van der Waals surface area (Å²) in [6, 6.07) is 6.16. The average molecular weight is 357 g/mol. The molecule has 1 fully saturated rings. The van der Waals surface area contributed by atoms with Crippen LogP contribution < -0.4 is 0 Å². The fourth-order valence-corrected chi connectivity index (χ4v) is 3.69. The normalized spacial score (nSPS) is 19.5. The highest BCUT2D eigenvalue weighted by Gasteiger charge is 2.34. The zero-order valence-corrected chi connectivity index (χ0v) is 15.0. The molecule has 1 aliphatic heterocycles. The number of amides is 1. The summed E-state index contributed by atoms with van der Waals surface area (Å²) in [5.74, 6) is 0.0415. The van der Waals surface area contributed by atoms with Gasteiger partial charge in [0.15, 0.2) is 0 Å². The van der Waals surface area contributed by atoms with Gasteiger partial charge in [0, 0.05) is 37.7 Å². The summed E-state index contributed by atoms with van der Waals surface area (Å²) in [6.45, 7) is 5.07. The van der Waals surface area contributed by atoms with Crippen molar-refractivity contribution in [3.8, 4) is 0 Å². The van der Waals surface area contributed by atoms with E-state index in [2.05, 4.69) is 9.78 Å². The number of nitrogens with zero attached hydrogens (tertiary/aromatic N) is 3. The summed E-state index contributed by atoms with van der Waals surface area (Å²) in [7, 11) is 0. The molecule has 0 radical (unpaired) electrons. The quantitative estimate of drug-likeness (QED) is 0.798. The standard InChI is InChI=1S/C20H24FN3O2/c1-2-26-13-16-12-23(20(25)17-5-3-4-6-18(17)21)11-15-9-22-24(19(15)16)10-14-7-8-14/h3-6,9,14,16H,2,7-8,10-13H2,1H3/t16-/m1/s1. The van der Waals surface area contributed by atoms with Crippen LogP contribution in [-0.2, 0) is 17.8 Å². The van der Waals surface area contributed by atoms with Gasteiger partial charge in [-0.15, -0.1) is 0 Å². The Morgan fingerprint density at radius 3 is 2.88 bits per heavy atom. The van der Waals surface area contributed by atoms with Crippen molar-refractivity contribution in [2.24, 2.45) is 5.92 Å². The van der Waals surface area contributed by atoms with E-state index in [1.165, 1.54) is 24.6 Å². The summed E-state index contributed by atoms with van der Waals surface area (Å²) in [6.07, 6.45) is 4.39. The highest BCUT2D eigenvalue weighted by molar-refractivity contribution is 5.94. The first kappa shape index (κ1) is 17.2. The molecule has 0 saturated heterocycles. The van der Waals surface area contributed by atoms with Gasteiger partial charge in [-0.3, -0.25) is 9.48 Å². The maximum Gasteiger partial charge on any atom is 0.257 e. The number of ether oxygens (including phenoxy) is 1. The molecule has 1 saturated carbocycles. The van der Waals surface area contributed by atoms with Crippen LogP contribution in [0, 0.1) is 11.7 Å². The molecule has 1 amide bonds. The number of fused-ring (bicyclic) bond motifs is 1. The van der Waals surface area contributed by atoms with Crippen molar-refractivity contribution in [1.29, 1.82) is 0 Å². The molecule has 0 N–H and O–H groups in total. The van der Waals surface area contributed by atoms with E-state index < -0.39 is 5.82 Å². The van der Waals surface area contributed by atoms with Crippen LogP contribution >= 0.6 is 0 Å². The molecule has 1 atom stereocenters. The third-order valence-corrected chi connectivity index (χ3v) is 5.19. The van der Waals surface area contributed by atoms with Crippen LogP contribution in [0.25, 0.3) is 0 Å². The molecule has 2 aliphatic rings. The van der Waals surface area contributed by atoms with Gasteiger partial charge in [-0.25, -0.2) is 4.39 Å². The molecule has 6 heteroatoms. The van der Waals surface area contributed by atoms with Crippen LogP contribution in [0.2, 0.25) is 0 Å². The van der Waals surface area contributed by atoms with E-state index >= 15 is 0 Å².